The minimum absolute atomic E-state index is 0.316. The molecule has 1 heterocycles. The highest BCUT2D eigenvalue weighted by molar-refractivity contribution is 5.36. The maximum absolute atomic E-state index is 4.66. The highest BCUT2D eigenvalue weighted by Crippen LogP contribution is 2.23. The van der Waals surface area contributed by atoms with Gasteiger partial charge >= 0.3 is 0 Å². The topological polar surface area (TPSA) is 62.7 Å². The Balaban J connectivity index is 1.72. The van der Waals surface area contributed by atoms with Crippen molar-refractivity contribution < 1.29 is 0 Å². The van der Waals surface area contributed by atoms with Crippen LogP contribution in [-0.2, 0) is 0 Å². The van der Waals surface area contributed by atoms with E-state index >= 15 is 0 Å². The first-order chi connectivity index (χ1) is 11.2. The molecule has 2 fully saturated rings. The van der Waals surface area contributed by atoms with E-state index in [-0.39, 0.29) is 0 Å². The van der Waals surface area contributed by atoms with Crippen LogP contribution >= 0.6 is 0 Å². The molecule has 128 valence electrons. The lowest BCUT2D eigenvalue weighted by molar-refractivity contribution is 0.457. The standard InChI is InChI=1S/C18H31N5/c1-13(2)16-21-17(19-14-9-5-3-6-10-14)23-18(22-16)20-15-11-7-4-8-12-15/h13-15H,3-12H2,1-2H3,(H2,19,20,21,22,23). The van der Waals surface area contributed by atoms with Gasteiger partial charge in [0, 0.05) is 18.0 Å². The molecule has 2 aliphatic rings. The van der Waals surface area contributed by atoms with E-state index in [2.05, 4.69) is 39.4 Å². The molecule has 5 nitrogen and oxygen atoms in total. The van der Waals surface area contributed by atoms with E-state index in [1.54, 1.807) is 0 Å². The molecular formula is C18H31N5. The Morgan fingerprint density at radius 1 is 0.696 bits per heavy atom. The zero-order valence-corrected chi connectivity index (χ0v) is 14.6. The molecule has 3 rings (SSSR count). The summed E-state index contributed by atoms with van der Waals surface area (Å²) in [5.41, 5.74) is 0. The van der Waals surface area contributed by atoms with Gasteiger partial charge in [0.2, 0.25) is 11.9 Å². The Bertz CT molecular complexity index is 452. The molecule has 23 heavy (non-hydrogen) atoms. The summed E-state index contributed by atoms with van der Waals surface area (Å²) in [7, 11) is 0. The van der Waals surface area contributed by atoms with Gasteiger partial charge in [-0.3, -0.25) is 0 Å². The Morgan fingerprint density at radius 3 is 1.52 bits per heavy atom. The summed E-state index contributed by atoms with van der Waals surface area (Å²) in [6.45, 7) is 4.29. The first-order valence-corrected chi connectivity index (χ1v) is 9.50. The minimum atomic E-state index is 0.316. The molecule has 2 aliphatic carbocycles. The zero-order valence-electron chi connectivity index (χ0n) is 14.6. The fourth-order valence-electron chi connectivity index (χ4n) is 3.64. The van der Waals surface area contributed by atoms with Crippen molar-refractivity contribution in [1.29, 1.82) is 0 Å². The lowest BCUT2D eigenvalue weighted by Crippen LogP contribution is -2.26. The molecule has 1 aromatic heterocycles. The fourth-order valence-corrected chi connectivity index (χ4v) is 3.64. The Hall–Kier alpha value is -1.39. The monoisotopic (exact) mass is 317 g/mol. The van der Waals surface area contributed by atoms with Crippen LogP contribution in [-0.4, -0.2) is 27.0 Å². The van der Waals surface area contributed by atoms with Crippen LogP contribution in [0, 0.1) is 0 Å². The molecular weight excluding hydrogens is 286 g/mol. The van der Waals surface area contributed by atoms with Crippen LogP contribution in [0.15, 0.2) is 0 Å². The van der Waals surface area contributed by atoms with E-state index in [1.807, 2.05) is 0 Å². The van der Waals surface area contributed by atoms with Crippen molar-refractivity contribution in [2.45, 2.75) is 96.1 Å². The summed E-state index contributed by atoms with van der Waals surface area (Å²) < 4.78 is 0. The third kappa shape index (κ3) is 4.79. The van der Waals surface area contributed by atoms with Gasteiger partial charge in [-0.25, -0.2) is 0 Å². The molecule has 1 aromatic rings. The largest absolute Gasteiger partial charge is 0.351 e. The van der Waals surface area contributed by atoms with Crippen LogP contribution < -0.4 is 10.6 Å². The Labute approximate surface area is 140 Å². The van der Waals surface area contributed by atoms with Crippen molar-refractivity contribution in [1.82, 2.24) is 15.0 Å². The lowest BCUT2D eigenvalue weighted by Gasteiger charge is -2.25. The SMILES string of the molecule is CC(C)c1nc(NC2CCCCC2)nc(NC2CCCCC2)n1. The molecule has 0 aliphatic heterocycles. The first-order valence-electron chi connectivity index (χ1n) is 9.50. The average molecular weight is 317 g/mol. The van der Waals surface area contributed by atoms with Crippen LogP contribution in [0.4, 0.5) is 11.9 Å². The molecule has 0 amide bonds. The van der Waals surface area contributed by atoms with E-state index in [0.29, 0.717) is 18.0 Å². The number of aromatic nitrogens is 3. The number of rotatable bonds is 5. The van der Waals surface area contributed by atoms with Gasteiger partial charge in [0.15, 0.2) is 0 Å². The van der Waals surface area contributed by atoms with Crippen molar-refractivity contribution in [3.63, 3.8) is 0 Å². The van der Waals surface area contributed by atoms with Crippen molar-refractivity contribution in [2.75, 3.05) is 10.6 Å². The third-order valence-electron chi connectivity index (χ3n) is 5.05. The van der Waals surface area contributed by atoms with Gasteiger partial charge in [-0.05, 0) is 25.7 Å². The molecule has 0 aromatic carbocycles. The van der Waals surface area contributed by atoms with Crippen LogP contribution in [0.3, 0.4) is 0 Å². The molecule has 0 atom stereocenters. The predicted molar refractivity (Wildman–Crippen MR) is 94.9 cm³/mol. The third-order valence-corrected chi connectivity index (χ3v) is 5.05. The van der Waals surface area contributed by atoms with E-state index in [4.69, 9.17) is 0 Å². The van der Waals surface area contributed by atoms with Gasteiger partial charge in [-0.2, -0.15) is 15.0 Å². The van der Waals surface area contributed by atoms with Gasteiger partial charge in [0.05, 0.1) is 0 Å². The molecule has 0 radical (unpaired) electrons. The van der Waals surface area contributed by atoms with Gasteiger partial charge < -0.3 is 10.6 Å². The van der Waals surface area contributed by atoms with Crippen LogP contribution in [0.5, 0.6) is 0 Å². The van der Waals surface area contributed by atoms with Crippen molar-refractivity contribution in [2.24, 2.45) is 0 Å². The van der Waals surface area contributed by atoms with Gasteiger partial charge in [-0.1, -0.05) is 52.4 Å². The van der Waals surface area contributed by atoms with Crippen LogP contribution in [0.25, 0.3) is 0 Å². The minimum Gasteiger partial charge on any atom is -0.351 e. The van der Waals surface area contributed by atoms with Crippen molar-refractivity contribution in [3.05, 3.63) is 5.82 Å². The molecule has 0 bridgehead atoms. The van der Waals surface area contributed by atoms with Gasteiger partial charge in [0.25, 0.3) is 0 Å². The highest BCUT2D eigenvalue weighted by atomic mass is 15.2. The second kappa shape index (κ2) is 7.93. The summed E-state index contributed by atoms with van der Waals surface area (Å²) in [4.78, 5) is 14.0. The highest BCUT2D eigenvalue weighted by Gasteiger charge is 2.18. The number of hydrogen-bond donors (Lipinski definition) is 2. The quantitative estimate of drug-likeness (QED) is 0.838. The summed E-state index contributed by atoms with van der Waals surface area (Å²) in [6.07, 6.45) is 12.9. The number of nitrogens with one attached hydrogen (secondary N) is 2. The molecule has 2 saturated carbocycles. The molecule has 5 heteroatoms. The Kier molecular flexibility index (Phi) is 5.68. The van der Waals surface area contributed by atoms with Crippen LogP contribution in [0.1, 0.15) is 89.8 Å². The van der Waals surface area contributed by atoms with Crippen molar-refractivity contribution in [3.8, 4) is 0 Å². The first kappa shape index (κ1) is 16.5. The number of hydrogen-bond acceptors (Lipinski definition) is 5. The summed E-state index contributed by atoms with van der Waals surface area (Å²) in [5, 5.41) is 7.10. The maximum atomic E-state index is 4.66. The van der Waals surface area contributed by atoms with Crippen LogP contribution in [0.2, 0.25) is 0 Å². The fraction of sp³-hybridized carbons (Fsp3) is 0.833. The Morgan fingerprint density at radius 2 is 1.13 bits per heavy atom. The number of anilines is 2. The summed E-state index contributed by atoms with van der Waals surface area (Å²) >= 11 is 0. The van der Waals surface area contributed by atoms with E-state index in [9.17, 15) is 0 Å². The summed E-state index contributed by atoms with van der Waals surface area (Å²) in [5.74, 6) is 2.72. The molecule has 0 saturated heterocycles. The van der Waals surface area contributed by atoms with E-state index in [1.165, 1.54) is 64.2 Å². The van der Waals surface area contributed by atoms with E-state index in [0.717, 1.165) is 17.7 Å². The van der Waals surface area contributed by atoms with Gasteiger partial charge in [0.1, 0.15) is 5.82 Å². The van der Waals surface area contributed by atoms with Gasteiger partial charge in [-0.15, -0.1) is 0 Å². The zero-order chi connectivity index (χ0) is 16.1. The summed E-state index contributed by atoms with van der Waals surface area (Å²) in [6, 6.07) is 1.04. The second-order valence-corrected chi connectivity index (χ2v) is 7.45. The average Bonchev–Trinajstić information content (AvgIpc) is 2.56. The number of nitrogens with zero attached hydrogens (tertiary/aromatic N) is 3. The molecule has 0 unspecified atom stereocenters. The predicted octanol–water partition coefficient (Wildman–Crippen LogP) is 4.48. The normalized spacial score (nSPS) is 20.7. The van der Waals surface area contributed by atoms with E-state index < -0.39 is 0 Å². The smallest absolute Gasteiger partial charge is 0.227 e. The lowest BCUT2D eigenvalue weighted by atomic mass is 9.96. The second-order valence-electron chi connectivity index (χ2n) is 7.45. The van der Waals surface area contributed by atoms with Crippen molar-refractivity contribution >= 4 is 11.9 Å². The maximum Gasteiger partial charge on any atom is 0.227 e. The molecule has 0 spiro atoms. The molecule has 2 N–H and O–H groups in total.